The van der Waals surface area contributed by atoms with Gasteiger partial charge in [-0.1, -0.05) is 33.1 Å². The fraction of sp³-hybridized carbons (Fsp3) is 0.933. The molecule has 1 saturated heterocycles. The first-order chi connectivity index (χ1) is 9.88. The molecule has 2 N–H and O–H groups in total. The fourth-order valence-electron chi connectivity index (χ4n) is 2.67. The number of alkyl halides is 3. The third kappa shape index (κ3) is 6.24. The first-order valence-electron chi connectivity index (χ1n) is 7.96. The summed E-state index contributed by atoms with van der Waals surface area (Å²) in [5, 5.41) is 5.61. The van der Waals surface area contributed by atoms with Crippen LogP contribution >= 0.6 is 0 Å². The van der Waals surface area contributed by atoms with Crippen molar-refractivity contribution in [3.8, 4) is 0 Å². The molecule has 0 aliphatic carbocycles. The Bertz CT molecular complexity index is 313. The van der Waals surface area contributed by atoms with Gasteiger partial charge < -0.3 is 10.6 Å². The summed E-state index contributed by atoms with van der Waals surface area (Å²) in [5.41, 5.74) is 0. The van der Waals surface area contributed by atoms with Crippen molar-refractivity contribution >= 4 is 5.91 Å². The minimum absolute atomic E-state index is 0.0294. The van der Waals surface area contributed by atoms with Crippen LogP contribution in [0, 0.1) is 11.8 Å². The molecule has 0 radical (unpaired) electrons. The second-order valence-electron chi connectivity index (χ2n) is 5.94. The van der Waals surface area contributed by atoms with Gasteiger partial charge in [0.1, 0.15) is 0 Å². The van der Waals surface area contributed by atoms with E-state index in [-0.39, 0.29) is 25.3 Å². The van der Waals surface area contributed by atoms with E-state index in [9.17, 15) is 18.0 Å². The number of amides is 1. The molecule has 6 heteroatoms. The van der Waals surface area contributed by atoms with E-state index in [2.05, 4.69) is 24.5 Å². The highest BCUT2D eigenvalue weighted by Crippen LogP contribution is 2.31. The summed E-state index contributed by atoms with van der Waals surface area (Å²) >= 11 is 0. The Morgan fingerprint density at radius 2 is 2.05 bits per heavy atom. The third-order valence-corrected chi connectivity index (χ3v) is 4.30. The molecule has 3 nitrogen and oxygen atoms in total. The standard InChI is InChI=1S/C15H27F3N2O/c1-3-5-6-11(4-2)9-20-14(21)13-8-7-12(10-19-13)15(16,17)18/h11-13,19H,3-10H2,1-2H3,(H,20,21). The largest absolute Gasteiger partial charge is 0.393 e. The molecule has 3 unspecified atom stereocenters. The molecule has 0 bridgehead atoms. The van der Waals surface area contributed by atoms with Gasteiger partial charge in [-0.25, -0.2) is 0 Å². The highest BCUT2D eigenvalue weighted by atomic mass is 19.4. The minimum Gasteiger partial charge on any atom is -0.354 e. The number of nitrogens with one attached hydrogen (secondary N) is 2. The number of hydrogen-bond donors (Lipinski definition) is 2. The quantitative estimate of drug-likeness (QED) is 0.758. The van der Waals surface area contributed by atoms with Gasteiger partial charge in [-0.2, -0.15) is 13.2 Å². The van der Waals surface area contributed by atoms with Crippen LogP contribution in [0.25, 0.3) is 0 Å². The van der Waals surface area contributed by atoms with Gasteiger partial charge in [0.05, 0.1) is 12.0 Å². The van der Waals surface area contributed by atoms with E-state index in [1.807, 2.05) is 0 Å². The normalized spacial score (nSPS) is 24.6. The first kappa shape index (κ1) is 18.3. The van der Waals surface area contributed by atoms with Gasteiger partial charge in [0, 0.05) is 13.1 Å². The van der Waals surface area contributed by atoms with Crippen LogP contribution in [0.15, 0.2) is 0 Å². The topological polar surface area (TPSA) is 41.1 Å². The van der Waals surface area contributed by atoms with Gasteiger partial charge in [-0.3, -0.25) is 4.79 Å². The van der Waals surface area contributed by atoms with E-state index in [0.29, 0.717) is 12.5 Å². The number of rotatable bonds is 7. The molecule has 1 amide bonds. The monoisotopic (exact) mass is 308 g/mol. The van der Waals surface area contributed by atoms with Crippen LogP contribution in [0.5, 0.6) is 0 Å². The van der Waals surface area contributed by atoms with Crippen LogP contribution in [-0.2, 0) is 4.79 Å². The second-order valence-corrected chi connectivity index (χ2v) is 5.94. The summed E-state index contributed by atoms with van der Waals surface area (Å²) < 4.78 is 37.6. The maximum absolute atomic E-state index is 12.5. The summed E-state index contributed by atoms with van der Waals surface area (Å²) in [5.74, 6) is -1.03. The van der Waals surface area contributed by atoms with Crippen molar-refractivity contribution in [2.45, 2.75) is 64.6 Å². The van der Waals surface area contributed by atoms with Gasteiger partial charge in [0.2, 0.25) is 5.91 Å². The van der Waals surface area contributed by atoms with Crippen molar-refractivity contribution in [2.24, 2.45) is 11.8 Å². The molecular weight excluding hydrogens is 281 g/mol. The van der Waals surface area contributed by atoms with E-state index >= 15 is 0 Å². The SMILES string of the molecule is CCCCC(CC)CNC(=O)C1CCC(C(F)(F)F)CN1. The molecule has 0 aromatic heterocycles. The van der Waals surface area contributed by atoms with E-state index in [1.165, 1.54) is 0 Å². The Morgan fingerprint density at radius 3 is 2.52 bits per heavy atom. The predicted octanol–water partition coefficient (Wildman–Crippen LogP) is 3.25. The summed E-state index contributed by atoms with van der Waals surface area (Å²) in [4.78, 5) is 12.0. The molecule has 1 rings (SSSR count). The molecule has 21 heavy (non-hydrogen) atoms. The average molecular weight is 308 g/mol. The van der Waals surface area contributed by atoms with Crippen molar-refractivity contribution in [3.63, 3.8) is 0 Å². The summed E-state index contributed by atoms with van der Waals surface area (Å²) in [6.07, 6.45) is 0.484. The maximum Gasteiger partial charge on any atom is 0.393 e. The molecule has 1 fully saturated rings. The Morgan fingerprint density at radius 1 is 1.33 bits per heavy atom. The lowest BCUT2D eigenvalue weighted by molar-refractivity contribution is -0.180. The molecule has 1 aliphatic rings. The Hall–Kier alpha value is -0.780. The van der Waals surface area contributed by atoms with E-state index < -0.39 is 18.1 Å². The maximum atomic E-state index is 12.5. The molecule has 0 spiro atoms. The summed E-state index contributed by atoms with van der Waals surface area (Å²) in [6, 6.07) is -0.479. The van der Waals surface area contributed by atoms with Gasteiger partial charge in [-0.05, 0) is 25.2 Å². The third-order valence-electron chi connectivity index (χ3n) is 4.30. The smallest absolute Gasteiger partial charge is 0.354 e. The zero-order valence-electron chi connectivity index (χ0n) is 12.9. The number of unbranched alkanes of at least 4 members (excludes halogenated alkanes) is 1. The van der Waals surface area contributed by atoms with Crippen LogP contribution in [-0.4, -0.2) is 31.2 Å². The molecule has 0 aromatic carbocycles. The average Bonchev–Trinajstić information content (AvgIpc) is 2.46. The number of carbonyl (C=O) groups is 1. The molecule has 1 heterocycles. The zero-order valence-corrected chi connectivity index (χ0v) is 12.9. The van der Waals surface area contributed by atoms with E-state index in [0.717, 1.165) is 25.7 Å². The molecule has 3 atom stereocenters. The highest BCUT2D eigenvalue weighted by Gasteiger charge is 2.42. The van der Waals surface area contributed by atoms with Crippen molar-refractivity contribution in [2.75, 3.05) is 13.1 Å². The number of piperidine rings is 1. The summed E-state index contributed by atoms with van der Waals surface area (Å²) in [6.45, 7) is 4.69. The Balaban J connectivity index is 2.30. The molecule has 0 saturated carbocycles. The number of carbonyl (C=O) groups excluding carboxylic acids is 1. The van der Waals surface area contributed by atoms with Crippen LogP contribution in [0.2, 0.25) is 0 Å². The highest BCUT2D eigenvalue weighted by molar-refractivity contribution is 5.81. The predicted molar refractivity (Wildman–Crippen MR) is 76.9 cm³/mol. The van der Waals surface area contributed by atoms with Crippen LogP contribution in [0.3, 0.4) is 0 Å². The van der Waals surface area contributed by atoms with Gasteiger partial charge in [0.25, 0.3) is 0 Å². The number of hydrogen-bond acceptors (Lipinski definition) is 2. The molecule has 1 aliphatic heterocycles. The molecular formula is C15H27F3N2O. The number of halogens is 3. The first-order valence-corrected chi connectivity index (χ1v) is 7.96. The van der Waals surface area contributed by atoms with Crippen LogP contribution < -0.4 is 10.6 Å². The van der Waals surface area contributed by atoms with Crippen molar-refractivity contribution in [1.82, 2.24) is 10.6 Å². The van der Waals surface area contributed by atoms with E-state index in [4.69, 9.17) is 0 Å². The van der Waals surface area contributed by atoms with Crippen molar-refractivity contribution < 1.29 is 18.0 Å². The lowest BCUT2D eigenvalue weighted by atomic mass is 9.93. The lowest BCUT2D eigenvalue weighted by Gasteiger charge is -2.30. The van der Waals surface area contributed by atoms with Gasteiger partial charge >= 0.3 is 6.18 Å². The summed E-state index contributed by atoms with van der Waals surface area (Å²) in [7, 11) is 0. The fourth-order valence-corrected chi connectivity index (χ4v) is 2.67. The van der Waals surface area contributed by atoms with Crippen LogP contribution in [0.4, 0.5) is 13.2 Å². The van der Waals surface area contributed by atoms with Crippen LogP contribution in [0.1, 0.15) is 52.4 Å². The minimum atomic E-state index is -4.16. The molecule has 0 aromatic rings. The van der Waals surface area contributed by atoms with E-state index in [1.54, 1.807) is 0 Å². The lowest BCUT2D eigenvalue weighted by Crippen LogP contribution is -2.51. The van der Waals surface area contributed by atoms with Crippen molar-refractivity contribution in [1.29, 1.82) is 0 Å². The molecule has 124 valence electrons. The van der Waals surface area contributed by atoms with Gasteiger partial charge in [-0.15, -0.1) is 0 Å². The van der Waals surface area contributed by atoms with Crippen molar-refractivity contribution in [3.05, 3.63) is 0 Å². The Kier molecular flexibility index (Phi) is 7.49. The second kappa shape index (κ2) is 8.61. The zero-order chi connectivity index (χ0) is 15.9. The Labute approximate surface area is 125 Å². The van der Waals surface area contributed by atoms with Gasteiger partial charge in [0.15, 0.2) is 0 Å².